The summed E-state index contributed by atoms with van der Waals surface area (Å²) in [7, 11) is 1.56. The largest absolute Gasteiger partial charge is 0.497 e. The summed E-state index contributed by atoms with van der Waals surface area (Å²) in [4.78, 5) is 21.1. The Balaban J connectivity index is 1.70. The zero-order valence-electron chi connectivity index (χ0n) is 14.2. The van der Waals surface area contributed by atoms with Gasteiger partial charge in [-0.1, -0.05) is 18.2 Å². The predicted molar refractivity (Wildman–Crippen MR) is 93.0 cm³/mol. The summed E-state index contributed by atoms with van der Waals surface area (Å²) in [6.07, 6.45) is 1.36. The molecule has 0 saturated carbocycles. The van der Waals surface area contributed by atoms with Crippen molar-refractivity contribution in [3.63, 3.8) is 0 Å². The first kappa shape index (κ1) is 16.5. The summed E-state index contributed by atoms with van der Waals surface area (Å²) in [5, 5.41) is 13.8. The van der Waals surface area contributed by atoms with Gasteiger partial charge in [-0.2, -0.15) is 0 Å². The van der Waals surface area contributed by atoms with E-state index in [1.807, 2.05) is 18.2 Å². The number of methoxy groups -OCH3 is 1. The summed E-state index contributed by atoms with van der Waals surface area (Å²) < 4.78 is 11.7. The summed E-state index contributed by atoms with van der Waals surface area (Å²) >= 11 is 0. The topological polar surface area (TPSA) is 97.2 Å². The van der Waals surface area contributed by atoms with E-state index >= 15 is 0 Å². The van der Waals surface area contributed by atoms with E-state index in [9.17, 15) is 9.90 Å². The zero-order valence-corrected chi connectivity index (χ0v) is 14.2. The van der Waals surface area contributed by atoms with Gasteiger partial charge in [0.1, 0.15) is 5.75 Å². The third-order valence-electron chi connectivity index (χ3n) is 3.89. The fourth-order valence-corrected chi connectivity index (χ4v) is 2.54. The van der Waals surface area contributed by atoms with Gasteiger partial charge in [-0.05, 0) is 29.0 Å². The molecule has 0 fully saturated rings. The number of benzene rings is 2. The van der Waals surface area contributed by atoms with Gasteiger partial charge in [-0.3, -0.25) is 4.84 Å². The molecule has 0 aliphatic carbocycles. The van der Waals surface area contributed by atoms with Crippen LogP contribution in [0.25, 0.3) is 17.5 Å². The lowest BCUT2D eigenvalue weighted by molar-refractivity contribution is -0.462. The molecule has 1 aliphatic heterocycles. The van der Waals surface area contributed by atoms with Crippen LogP contribution < -0.4 is 4.74 Å². The first-order valence-corrected chi connectivity index (χ1v) is 7.99. The van der Waals surface area contributed by atoms with Crippen LogP contribution in [0.5, 0.6) is 11.7 Å². The minimum atomic E-state index is -0.672. The van der Waals surface area contributed by atoms with Gasteiger partial charge in [0.15, 0.2) is 5.69 Å². The molecule has 0 bridgehead atoms. The Hall–Kier alpha value is -3.94. The first-order valence-electron chi connectivity index (χ1n) is 7.99. The molecule has 2 aromatic carbocycles. The lowest BCUT2D eigenvalue weighted by Crippen LogP contribution is -2.05. The maximum atomic E-state index is 12.1. The van der Waals surface area contributed by atoms with Crippen LogP contribution in [-0.2, 0) is 9.63 Å². The number of oxazole rings is 1. The molecule has 4 rings (SSSR count). The lowest BCUT2D eigenvalue weighted by Gasteiger charge is -1.97. The molecule has 1 aliphatic rings. The van der Waals surface area contributed by atoms with Crippen molar-refractivity contribution < 1.29 is 28.6 Å². The van der Waals surface area contributed by atoms with Gasteiger partial charge in [-0.15, -0.1) is 0 Å². The summed E-state index contributed by atoms with van der Waals surface area (Å²) in [5.41, 5.74) is 1.46. The lowest BCUT2D eigenvalue weighted by atomic mass is 10.2. The summed E-state index contributed by atoms with van der Waals surface area (Å²) in [6.45, 7) is 0. The van der Waals surface area contributed by atoms with E-state index in [1.54, 1.807) is 43.5 Å². The number of carbonyl (C=O) groups excluding carboxylic acids is 1. The number of rotatable bonds is 4. The van der Waals surface area contributed by atoms with Gasteiger partial charge in [-0.25, -0.2) is 9.78 Å². The van der Waals surface area contributed by atoms with Gasteiger partial charge in [0.05, 0.1) is 13.2 Å². The molecule has 0 unspecified atom stereocenters. The number of aromatic hydroxyl groups is 1. The normalized spacial score (nSPS) is 14.9. The van der Waals surface area contributed by atoms with E-state index in [-0.39, 0.29) is 17.3 Å². The molecule has 8 heteroatoms. The molecule has 0 saturated heterocycles. The third-order valence-corrected chi connectivity index (χ3v) is 3.89. The van der Waals surface area contributed by atoms with Crippen molar-refractivity contribution in [1.82, 2.24) is 4.98 Å². The molecular formula is C19H14N3O5+. The molecular weight excluding hydrogens is 350 g/mol. The number of nitrogens with zero attached hydrogens (tertiary/aromatic N) is 3. The Labute approximate surface area is 153 Å². The standard InChI is InChI=1S/C19H13N3O5/c1-25-14-9-7-13(8-10-14)22-16(19(24)27-21-22)11-15-18(23)26-17(20-15)12-5-3-2-4-6-12/h2-11H,1H3/p+1. The Kier molecular flexibility index (Phi) is 4.13. The van der Waals surface area contributed by atoms with E-state index in [0.29, 0.717) is 17.0 Å². The molecule has 0 spiro atoms. The molecule has 0 atom stereocenters. The second-order valence-corrected chi connectivity index (χ2v) is 5.58. The van der Waals surface area contributed by atoms with Crippen molar-refractivity contribution in [2.24, 2.45) is 5.28 Å². The van der Waals surface area contributed by atoms with E-state index in [4.69, 9.17) is 14.0 Å². The second kappa shape index (κ2) is 6.75. The van der Waals surface area contributed by atoms with Crippen LogP contribution in [0.15, 0.2) is 70.0 Å². The Morgan fingerprint density at radius 1 is 1.11 bits per heavy atom. The highest BCUT2D eigenvalue weighted by atomic mass is 16.7. The van der Waals surface area contributed by atoms with Gasteiger partial charge in [0.2, 0.25) is 16.9 Å². The second-order valence-electron chi connectivity index (χ2n) is 5.58. The fraction of sp³-hybridized carbons (Fsp3) is 0.0526. The SMILES string of the molecule is COc1ccc([N+]2=NOC(=O)/C2=C\c2nc(-c3ccccc3)oc2O)cc1. The quantitative estimate of drug-likeness (QED) is 0.560. The highest BCUT2D eigenvalue weighted by molar-refractivity contribution is 5.91. The number of hydrogen-bond donors (Lipinski definition) is 1. The number of ether oxygens (including phenoxy) is 1. The van der Waals surface area contributed by atoms with Crippen LogP contribution in [0.4, 0.5) is 5.69 Å². The van der Waals surface area contributed by atoms with Crippen molar-refractivity contribution in [3.8, 4) is 23.1 Å². The van der Waals surface area contributed by atoms with Crippen molar-refractivity contribution >= 4 is 17.7 Å². The van der Waals surface area contributed by atoms with Gasteiger partial charge < -0.3 is 14.3 Å². The Morgan fingerprint density at radius 3 is 2.56 bits per heavy atom. The maximum Gasteiger partial charge on any atom is 0.437 e. The summed E-state index contributed by atoms with van der Waals surface area (Å²) in [6, 6.07) is 16.0. The molecule has 2 heterocycles. The average Bonchev–Trinajstić information content (AvgIpc) is 3.26. The monoisotopic (exact) mass is 364 g/mol. The average molecular weight is 364 g/mol. The molecule has 0 amide bonds. The van der Waals surface area contributed by atoms with Crippen molar-refractivity contribution in [1.29, 1.82) is 0 Å². The molecule has 3 aromatic rings. The molecule has 27 heavy (non-hydrogen) atoms. The highest BCUT2D eigenvalue weighted by Crippen LogP contribution is 2.31. The maximum absolute atomic E-state index is 12.1. The van der Waals surface area contributed by atoms with Crippen molar-refractivity contribution in [2.45, 2.75) is 0 Å². The smallest absolute Gasteiger partial charge is 0.437 e. The van der Waals surface area contributed by atoms with Crippen LogP contribution in [-0.4, -0.2) is 27.9 Å². The van der Waals surface area contributed by atoms with E-state index in [1.165, 1.54) is 10.8 Å². The van der Waals surface area contributed by atoms with Crippen LogP contribution >= 0.6 is 0 Å². The van der Waals surface area contributed by atoms with Crippen molar-refractivity contribution in [3.05, 3.63) is 66.0 Å². The van der Waals surface area contributed by atoms with E-state index < -0.39 is 11.9 Å². The minimum Gasteiger partial charge on any atom is -0.497 e. The molecule has 0 radical (unpaired) electrons. The van der Waals surface area contributed by atoms with E-state index in [2.05, 4.69) is 10.3 Å². The zero-order chi connectivity index (χ0) is 18.8. The summed E-state index contributed by atoms with van der Waals surface area (Å²) in [5.74, 6) is -0.179. The predicted octanol–water partition coefficient (Wildman–Crippen LogP) is 3.66. The van der Waals surface area contributed by atoms with Crippen LogP contribution in [0, 0.1) is 0 Å². The number of carbonyl (C=O) groups is 1. The van der Waals surface area contributed by atoms with E-state index in [0.717, 1.165) is 0 Å². The van der Waals surface area contributed by atoms with Gasteiger partial charge >= 0.3 is 17.6 Å². The van der Waals surface area contributed by atoms with Crippen LogP contribution in [0.2, 0.25) is 0 Å². The van der Waals surface area contributed by atoms with Gasteiger partial charge in [0, 0.05) is 17.7 Å². The minimum absolute atomic E-state index is 0.0865. The van der Waals surface area contributed by atoms with Crippen LogP contribution in [0.3, 0.4) is 0 Å². The first-order chi connectivity index (χ1) is 13.2. The Bertz CT molecular complexity index is 1050. The van der Waals surface area contributed by atoms with Crippen molar-refractivity contribution in [2.75, 3.05) is 7.11 Å². The third kappa shape index (κ3) is 3.15. The number of aromatic nitrogens is 1. The fourth-order valence-electron chi connectivity index (χ4n) is 2.54. The Morgan fingerprint density at radius 2 is 1.85 bits per heavy atom. The molecule has 1 aromatic heterocycles. The van der Waals surface area contributed by atoms with Crippen LogP contribution in [0.1, 0.15) is 5.69 Å². The molecule has 134 valence electrons. The molecule has 8 nitrogen and oxygen atoms in total. The molecule has 1 N–H and O–H groups in total. The number of hydrogen-bond acceptors (Lipinski definition) is 7. The highest BCUT2D eigenvalue weighted by Gasteiger charge is 2.37. The van der Waals surface area contributed by atoms with Gasteiger partial charge in [0.25, 0.3) is 0 Å².